The minimum Gasteiger partial charge on any atom is -0.383 e. The molecule has 0 spiro atoms. The fourth-order valence-electron chi connectivity index (χ4n) is 3.63. The zero-order valence-corrected chi connectivity index (χ0v) is 14.3. The smallest absolute Gasteiger partial charge is 0.224 e. The first kappa shape index (κ1) is 16.2. The first-order valence-corrected chi connectivity index (χ1v) is 8.87. The Labute approximate surface area is 139 Å². The number of nitrogens with two attached hydrogens (primary N) is 1. The highest BCUT2D eigenvalue weighted by Gasteiger charge is 2.21. The van der Waals surface area contributed by atoms with Gasteiger partial charge in [0, 0.05) is 17.8 Å². The molecule has 23 heavy (non-hydrogen) atoms. The van der Waals surface area contributed by atoms with Crippen molar-refractivity contribution in [2.75, 3.05) is 31.2 Å². The van der Waals surface area contributed by atoms with Crippen molar-refractivity contribution in [1.29, 1.82) is 0 Å². The lowest BCUT2D eigenvalue weighted by molar-refractivity contribution is 0.263. The van der Waals surface area contributed by atoms with Gasteiger partial charge in [-0.2, -0.15) is 4.98 Å². The van der Waals surface area contributed by atoms with Gasteiger partial charge in [0.1, 0.15) is 5.82 Å². The van der Waals surface area contributed by atoms with Crippen molar-refractivity contribution in [1.82, 2.24) is 14.9 Å². The van der Waals surface area contributed by atoms with Crippen molar-refractivity contribution in [3.63, 3.8) is 0 Å². The SMILES string of the molecule is CC1CCCC1/C=C\c1cnc(NC2CCN(C)CC2)nc1N. The van der Waals surface area contributed by atoms with Crippen molar-refractivity contribution < 1.29 is 0 Å². The van der Waals surface area contributed by atoms with E-state index >= 15 is 0 Å². The summed E-state index contributed by atoms with van der Waals surface area (Å²) in [5, 5.41) is 3.42. The molecule has 2 heterocycles. The van der Waals surface area contributed by atoms with E-state index in [0.717, 1.165) is 37.4 Å². The number of nitrogen functional groups attached to an aromatic ring is 1. The standard InChI is InChI=1S/C18H29N5/c1-13-4-3-5-14(13)6-7-15-12-20-18(22-17(15)19)21-16-8-10-23(2)11-9-16/h6-7,12-14,16H,3-5,8-11H2,1-2H3,(H3,19,20,21,22)/b7-6-. The van der Waals surface area contributed by atoms with Gasteiger partial charge in [-0.15, -0.1) is 0 Å². The van der Waals surface area contributed by atoms with E-state index in [1.807, 2.05) is 6.20 Å². The van der Waals surface area contributed by atoms with E-state index in [1.54, 1.807) is 0 Å². The Morgan fingerprint density at radius 2 is 2.04 bits per heavy atom. The number of rotatable bonds is 4. The molecule has 5 nitrogen and oxygen atoms in total. The molecule has 2 unspecified atom stereocenters. The van der Waals surface area contributed by atoms with Crippen LogP contribution in [0.15, 0.2) is 12.3 Å². The van der Waals surface area contributed by atoms with Crippen LogP contribution in [-0.2, 0) is 0 Å². The summed E-state index contributed by atoms with van der Waals surface area (Å²) in [6.07, 6.45) is 12.4. The van der Waals surface area contributed by atoms with Crippen LogP contribution in [0.5, 0.6) is 0 Å². The Kier molecular flexibility index (Phi) is 5.16. The minimum absolute atomic E-state index is 0.450. The van der Waals surface area contributed by atoms with Crippen molar-refractivity contribution in [2.24, 2.45) is 11.8 Å². The van der Waals surface area contributed by atoms with Gasteiger partial charge in [0.05, 0.1) is 0 Å². The maximum atomic E-state index is 6.12. The molecule has 5 heteroatoms. The van der Waals surface area contributed by atoms with E-state index < -0.39 is 0 Å². The number of nitrogens with one attached hydrogen (secondary N) is 1. The molecule has 2 fully saturated rings. The van der Waals surface area contributed by atoms with Crippen molar-refractivity contribution >= 4 is 17.8 Å². The van der Waals surface area contributed by atoms with E-state index in [-0.39, 0.29) is 0 Å². The second-order valence-corrected chi connectivity index (χ2v) is 7.19. The van der Waals surface area contributed by atoms with Crippen LogP contribution in [-0.4, -0.2) is 41.0 Å². The fourth-order valence-corrected chi connectivity index (χ4v) is 3.63. The highest BCUT2D eigenvalue weighted by Crippen LogP contribution is 2.32. The first-order valence-electron chi connectivity index (χ1n) is 8.87. The number of aromatic nitrogens is 2. The van der Waals surface area contributed by atoms with Gasteiger partial charge in [-0.05, 0) is 51.2 Å². The number of allylic oxidation sites excluding steroid dienone is 1. The minimum atomic E-state index is 0.450. The van der Waals surface area contributed by atoms with Crippen LogP contribution in [0.3, 0.4) is 0 Å². The third-order valence-electron chi connectivity index (χ3n) is 5.35. The third-order valence-corrected chi connectivity index (χ3v) is 5.35. The molecule has 1 aliphatic heterocycles. The predicted molar refractivity (Wildman–Crippen MR) is 96.1 cm³/mol. The van der Waals surface area contributed by atoms with Crippen LogP contribution in [0.1, 0.15) is 44.6 Å². The summed E-state index contributed by atoms with van der Waals surface area (Å²) < 4.78 is 0. The van der Waals surface area contributed by atoms with E-state index in [1.165, 1.54) is 19.3 Å². The first-order chi connectivity index (χ1) is 11.1. The Morgan fingerprint density at radius 1 is 1.26 bits per heavy atom. The molecule has 3 rings (SSSR count). The molecule has 126 valence electrons. The average Bonchev–Trinajstić information content (AvgIpc) is 2.94. The summed E-state index contributed by atoms with van der Waals surface area (Å²) >= 11 is 0. The monoisotopic (exact) mass is 315 g/mol. The fraction of sp³-hybridized carbons (Fsp3) is 0.667. The Hall–Kier alpha value is -1.62. The summed E-state index contributed by atoms with van der Waals surface area (Å²) in [5.41, 5.74) is 7.05. The largest absolute Gasteiger partial charge is 0.383 e. The van der Waals surface area contributed by atoms with E-state index in [2.05, 4.69) is 46.3 Å². The van der Waals surface area contributed by atoms with Crippen LogP contribution in [0.2, 0.25) is 0 Å². The van der Waals surface area contributed by atoms with Crippen LogP contribution in [0, 0.1) is 11.8 Å². The second-order valence-electron chi connectivity index (χ2n) is 7.19. The van der Waals surface area contributed by atoms with Gasteiger partial charge in [0.2, 0.25) is 5.95 Å². The summed E-state index contributed by atoms with van der Waals surface area (Å²) in [6.45, 7) is 4.57. The van der Waals surface area contributed by atoms with Crippen LogP contribution < -0.4 is 11.1 Å². The lowest BCUT2D eigenvalue weighted by Gasteiger charge is -2.29. The Balaban J connectivity index is 1.60. The molecule has 1 aliphatic carbocycles. The molecule has 1 saturated carbocycles. The summed E-state index contributed by atoms with van der Waals surface area (Å²) in [5.74, 6) is 2.67. The number of nitrogens with zero attached hydrogens (tertiary/aromatic N) is 3. The molecule has 0 amide bonds. The van der Waals surface area contributed by atoms with Crippen LogP contribution >= 0.6 is 0 Å². The quantitative estimate of drug-likeness (QED) is 0.894. The molecular weight excluding hydrogens is 286 g/mol. The van der Waals surface area contributed by atoms with Gasteiger partial charge >= 0.3 is 0 Å². The maximum Gasteiger partial charge on any atom is 0.224 e. The zero-order valence-electron chi connectivity index (χ0n) is 14.3. The van der Waals surface area contributed by atoms with E-state index in [9.17, 15) is 0 Å². The molecule has 2 aliphatic rings. The number of hydrogen-bond acceptors (Lipinski definition) is 5. The molecule has 1 saturated heterocycles. The van der Waals surface area contributed by atoms with Gasteiger partial charge in [0.15, 0.2) is 0 Å². The van der Waals surface area contributed by atoms with E-state index in [4.69, 9.17) is 5.73 Å². The molecule has 2 atom stereocenters. The number of hydrogen-bond donors (Lipinski definition) is 2. The number of anilines is 2. The average molecular weight is 315 g/mol. The summed E-state index contributed by atoms with van der Waals surface area (Å²) in [6, 6.07) is 0.450. The molecular formula is C18H29N5. The summed E-state index contributed by atoms with van der Waals surface area (Å²) in [7, 11) is 2.16. The highest BCUT2D eigenvalue weighted by molar-refractivity contribution is 5.61. The van der Waals surface area contributed by atoms with Crippen LogP contribution in [0.25, 0.3) is 6.08 Å². The molecule has 0 radical (unpaired) electrons. The van der Waals surface area contributed by atoms with Crippen molar-refractivity contribution in [3.8, 4) is 0 Å². The maximum absolute atomic E-state index is 6.12. The van der Waals surface area contributed by atoms with Gasteiger partial charge in [0.25, 0.3) is 0 Å². The van der Waals surface area contributed by atoms with Crippen molar-refractivity contribution in [2.45, 2.75) is 45.1 Å². The van der Waals surface area contributed by atoms with Gasteiger partial charge in [-0.3, -0.25) is 0 Å². The second kappa shape index (κ2) is 7.30. The number of piperidine rings is 1. The predicted octanol–water partition coefficient (Wildman–Crippen LogP) is 3.01. The lowest BCUT2D eigenvalue weighted by atomic mass is 9.97. The molecule has 0 bridgehead atoms. The van der Waals surface area contributed by atoms with E-state index in [0.29, 0.717) is 23.7 Å². The highest BCUT2D eigenvalue weighted by atomic mass is 15.2. The lowest BCUT2D eigenvalue weighted by Crippen LogP contribution is -2.37. The third kappa shape index (κ3) is 4.22. The summed E-state index contributed by atoms with van der Waals surface area (Å²) in [4.78, 5) is 11.2. The molecule has 0 aromatic carbocycles. The number of likely N-dealkylation sites (tertiary alicyclic amines) is 1. The van der Waals surface area contributed by atoms with Crippen LogP contribution in [0.4, 0.5) is 11.8 Å². The molecule has 3 N–H and O–H groups in total. The molecule has 1 aromatic rings. The Bertz CT molecular complexity index is 548. The van der Waals surface area contributed by atoms with Gasteiger partial charge < -0.3 is 16.0 Å². The topological polar surface area (TPSA) is 67.1 Å². The Morgan fingerprint density at radius 3 is 2.70 bits per heavy atom. The van der Waals surface area contributed by atoms with Gasteiger partial charge in [-0.25, -0.2) is 4.98 Å². The van der Waals surface area contributed by atoms with Crippen molar-refractivity contribution in [3.05, 3.63) is 17.8 Å². The zero-order chi connectivity index (χ0) is 16.2. The normalized spacial score (nSPS) is 26.9. The van der Waals surface area contributed by atoms with Gasteiger partial charge in [-0.1, -0.05) is 31.9 Å². The molecule has 1 aromatic heterocycles.